The Morgan fingerprint density at radius 2 is 1.62 bits per heavy atom. The molecule has 0 aliphatic carbocycles. The second kappa shape index (κ2) is 8.49. The topological polar surface area (TPSA) is 12.5 Å². The van der Waals surface area contributed by atoms with Gasteiger partial charge in [-0.05, 0) is 55.6 Å². The second-order valence-corrected chi connectivity index (χ2v) is 8.25. The molecular formula is C22H37NO. The van der Waals surface area contributed by atoms with Crippen LogP contribution in [0.3, 0.4) is 0 Å². The van der Waals surface area contributed by atoms with E-state index < -0.39 is 0 Å². The maximum absolute atomic E-state index is 5.84. The molecule has 0 bridgehead atoms. The van der Waals surface area contributed by atoms with Crippen LogP contribution in [0.5, 0.6) is 0 Å². The molecule has 0 aromatic heterocycles. The van der Waals surface area contributed by atoms with E-state index in [-0.39, 0.29) is 0 Å². The summed E-state index contributed by atoms with van der Waals surface area (Å²) >= 11 is 0. The van der Waals surface area contributed by atoms with Crippen LogP contribution in [0.1, 0.15) is 65.5 Å². The Balaban J connectivity index is 1.91. The van der Waals surface area contributed by atoms with Crippen molar-refractivity contribution in [1.82, 2.24) is 4.90 Å². The Kier molecular flexibility index (Phi) is 6.88. The fourth-order valence-corrected chi connectivity index (χ4v) is 4.04. The molecule has 0 spiro atoms. The van der Waals surface area contributed by atoms with Gasteiger partial charge in [-0.3, -0.25) is 4.90 Å². The van der Waals surface area contributed by atoms with Crippen molar-refractivity contribution in [3.63, 3.8) is 0 Å². The minimum atomic E-state index is 0.324. The van der Waals surface area contributed by atoms with Gasteiger partial charge in [0.25, 0.3) is 0 Å². The van der Waals surface area contributed by atoms with Gasteiger partial charge in [-0.2, -0.15) is 0 Å². The molecular weight excluding hydrogens is 294 g/mol. The molecule has 1 saturated heterocycles. The van der Waals surface area contributed by atoms with Gasteiger partial charge < -0.3 is 4.74 Å². The van der Waals surface area contributed by atoms with Crippen LogP contribution in [0.2, 0.25) is 0 Å². The van der Waals surface area contributed by atoms with Crippen LogP contribution >= 0.6 is 0 Å². The second-order valence-electron chi connectivity index (χ2n) is 8.25. The summed E-state index contributed by atoms with van der Waals surface area (Å²) in [6, 6.07) is 9.40. The minimum Gasteiger partial charge on any atom is -0.373 e. The van der Waals surface area contributed by atoms with Gasteiger partial charge in [0.05, 0.1) is 12.2 Å². The van der Waals surface area contributed by atoms with Crippen molar-refractivity contribution in [2.75, 3.05) is 19.6 Å². The first-order valence-electron chi connectivity index (χ1n) is 9.83. The maximum atomic E-state index is 5.84. The van der Waals surface area contributed by atoms with Crippen molar-refractivity contribution in [2.45, 2.75) is 78.4 Å². The smallest absolute Gasteiger partial charge is 0.0678 e. The first-order chi connectivity index (χ1) is 11.4. The normalized spacial score (nSPS) is 24.1. The van der Waals surface area contributed by atoms with Gasteiger partial charge in [-0.25, -0.2) is 0 Å². The van der Waals surface area contributed by atoms with Gasteiger partial charge in [0.2, 0.25) is 0 Å². The third kappa shape index (κ3) is 5.07. The Morgan fingerprint density at radius 1 is 1.08 bits per heavy atom. The largest absolute Gasteiger partial charge is 0.373 e. The molecule has 2 nitrogen and oxygen atoms in total. The number of rotatable bonds is 7. The number of ether oxygens (including phenoxy) is 1. The van der Waals surface area contributed by atoms with Crippen LogP contribution in [-0.4, -0.2) is 36.7 Å². The summed E-state index contributed by atoms with van der Waals surface area (Å²) in [6.45, 7) is 17.0. The minimum absolute atomic E-state index is 0.324. The molecule has 1 fully saturated rings. The summed E-state index contributed by atoms with van der Waals surface area (Å²) in [4.78, 5) is 2.57. The van der Waals surface area contributed by atoms with E-state index in [1.54, 1.807) is 0 Å². The summed E-state index contributed by atoms with van der Waals surface area (Å²) in [6.07, 6.45) is 4.29. The number of morpholine rings is 1. The van der Waals surface area contributed by atoms with E-state index in [0.29, 0.717) is 23.5 Å². The van der Waals surface area contributed by atoms with Crippen molar-refractivity contribution in [2.24, 2.45) is 5.92 Å². The van der Waals surface area contributed by atoms with Crippen molar-refractivity contribution < 1.29 is 4.74 Å². The summed E-state index contributed by atoms with van der Waals surface area (Å²) < 4.78 is 5.84. The van der Waals surface area contributed by atoms with Crippen molar-refractivity contribution >= 4 is 0 Å². The zero-order valence-corrected chi connectivity index (χ0v) is 16.6. The first kappa shape index (κ1) is 19.5. The molecule has 0 N–H and O–H groups in total. The van der Waals surface area contributed by atoms with Gasteiger partial charge in [-0.15, -0.1) is 0 Å². The highest BCUT2D eigenvalue weighted by Gasteiger charge is 2.24. The monoisotopic (exact) mass is 331 g/mol. The highest BCUT2D eigenvalue weighted by atomic mass is 16.5. The molecule has 1 heterocycles. The van der Waals surface area contributed by atoms with E-state index in [9.17, 15) is 0 Å². The lowest BCUT2D eigenvalue weighted by Gasteiger charge is -2.36. The number of benzene rings is 1. The lowest BCUT2D eigenvalue weighted by Crippen LogP contribution is -2.47. The summed E-state index contributed by atoms with van der Waals surface area (Å²) in [5.74, 6) is 0.678. The van der Waals surface area contributed by atoms with E-state index >= 15 is 0 Å². The van der Waals surface area contributed by atoms with E-state index in [0.717, 1.165) is 19.5 Å². The lowest BCUT2D eigenvalue weighted by molar-refractivity contribution is -0.0708. The molecule has 0 radical (unpaired) electrons. The summed E-state index contributed by atoms with van der Waals surface area (Å²) in [5.41, 5.74) is 3.28. The van der Waals surface area contributed by atoms with Gasteiger partial charge in [0.1, 0.15) is 0 Å². The quantitative estimate of drug-likeness (QED) is 0.693. The van der Waals surface area contributed by atoms with Gasteiger partial charge in [0.15, 0.2) is 0 Å². The summed E-state index contributed by atoms with van der Waals surface area (Å²) in [5, 5.41) is 0. The van der Waals surface area contributed by atoms with Crippen LogP contribution in [0, 0.1) is 5.92 Å². The number of nitrogens with zero attached hydrogens (tertiary/aromatic N) is 1. The Hall–Kier alpha value is -0.860. The zero-order valence-electron chi connectivity index (χ0n) is 16.6. The van der Waals surface area contributed by atoms with Gasteiger partial charge >= 0.3 is 0 Å². The molecule has 3 atom stereocenters. The van der Waals surface area contributed by atoms with Crippen LogP contribution in [0.4, 0.5) is 0 Å². The van der Waals surface area contributed by atoms with E-state index in [1.165, 1.54) is 30.5 Å². The van der Waals surface area contributed by atoms with E-state index in [1.807, 2.05) is 0 Å². The lowest BCUT2D eigenvalue weighted by atomic mass is 9.77. The molecule has 1 aromatic rings. The third-order valence-corrected chi connectivity index (χ3v) is 5.86. The molecule has 1 aliphatic rings. The van der Waals surface area contributed by atoms with E-state index in [2.05, 4.69) is 70.7 Å². The molecule has 24 heavy (non-hydrogen) atoms. The molecule has 3 unspecified atom stereocenters. The molecule has 1 aliphatic heterocycles. The van der Waals surface area contributed by atoms with Crippen LogP contribution in [0.25, 0.3) is 0 Å². The highest BCUT2D eigenvalue weighted by Crippen LogP contribution is 2.31. The van der Waals surface area contributed by atoms with Crippen LogP contribution in [-0.2, 0) is 16.6 Å². The zero-order chi connectivity index (χ0) is 17.7. The predicted octanol–water partition coefficient (Wildman–Crippen LogP) is 5.05. The summed E-state index contributed by atoms with van der Waals surface area (Å²) in [7, 11) is 0. The van der Waals surface area contributed by atoms with E-state index in [4.69, 9.17) is 4.74 Å². The molecule has 1 aromatic carbocycles. The van der Waals surface area contributed by atoms with Crippen molar-refractivity contribution in [1.29, 1.82) is 0 Å². The average molecular weight is 332 g/mol. The fraction of sp³-hybridized carbons (Fsp3) is 0.727. The molecule has 0 saturated carbocycles. The van der Waals surface area contributed by atoms with Gasteiger partial charge in [-0.1, -0.05) is 52.0 Å². The van der Waals surface area contributed by atoms with Crippen LogP contribution < -0.4 is 0 Å². The molecule has 2 rings (SSSR count). The van der Waals surface area contributed by atoms with Crippen LogP contribution in [0.15, 0.2) is 24.3 Å². The maximum Gasteiger partial charge on any atom is 0.0678 e. The Morgan fingerprint density at radius 3 is 2.12 bits per heavy atom. The van der Waals surface area contributed by atoms with Crippen molar-refractivity contribution in [3.8, 4) is 0 Å². The molecule has 0 amide bonds. The molecule has 2 heteroatoms. The molecule has 136 valence electrons. The average Bonchev–Trinajstić information content (AvgIpc) is 2.53. The third-order valence-electron chi connectivity index (χ3n) is 5.86. The Labute approximate surface area is 149 Å². The number of hydrogen-bond acceptors (Lipinski definition) is 2. The standard InChI is InChI=1S/C22H37NO/c1-7-22(6,8-2)21-11-9-20(10-12-21)13-17(3)14-23-15-18(4)24-19(5)16-23/h9-12,17-19H,7-8,13-16H2,1-6H3. The fourth-order valence-electron chi connectivity index (χ4n) is 4.04. The first-order valence-corrected chi connectivity index (χ1v) is 9.83. The Bertz CT molecular complexity index is 481. The predicted molar refractivity (Wildman–Crippen MR) is 104 cm³/mol. The SMILES string of the molecule is CCC(C)(CC)c1ccc(CC(C)CN2CC(C)OC(C)C2)cc1. The highest BCUT2D eigenvalue weighted by molar-refractivity contribution is 5.28. The van der Waals surface area contributed by atoms with Crippen molar-refractivity contribution in [3.05, 3.63) is 35.4 Å². The number of hydrogen-bond donors (Lipinski definition) is 0. The van der Waals surface area contributed by atoms with Gasteiger partial charge in [0, 0.05) is 19.6 Å².